The van der Waals surface area contributed by atoms with Crippen LogP contribution in [0.15, 0.2) is 29.3 Å². The Balaban J connectivity index is 1.91. The van der Waals surface area contributed by atoms with Gasteiger partial charge in [0.1, 0.15) is 11.4 Å². The Morgan fingerprint density at radius 1 is 1.26 bits per heavy atom. The first-order valence-corrected chi connectivity index (χ1v) is 9.75. The van der Waals surface area contributed by atoms with E-state index in [4.69, 9.17) is 4.74 Å². The second-order valence-corrected chi connectivity index (χ2v) is 8.03. The third-order valence-electron chi connectivity index (χ3n) is 4.70. The molecule has 150 valence electrons. The van der Waals surface area contributed by atoms with Crippen LogP contribution in [0.3, 0.4) is 0 Å². The van der Waals surface area contributed by atoms with Crippen molar-refractivity contribution >= 4 is 11.9 Å². The summed E-state index contributed by atoms with van der Waals surface area (Å²) in [6, 6.07) is 8.11. The molecule has 0 aliphatic carbocycles. The fraction of sp³-hybridized carbons (Fsp3) is 0.619. The Morgan fingerprint density at radius 2 is 1.93 bits per heavy atom. The molecule has 6 heteroatoms. The zero-order chi connectivity index (χ0) is 19.9. The van der Waals surface area contributed by atoms with E-state index in [1.165, 1.54) is 0 Å². The SMILES string of the molecule is CN=C(NCc1ccccc1OC(C)(C)C)N1CCC(CC(=O)NC)CC1. The van der Waals surface area contributed by atoms with Crippen LogP contribution >= 0.6 is 0 Å². The molecule has 1 heterocycles. The summed E-state index contributed by atoms with van der Waals surface area (Å²) in [5.41, 5.74) is 0.882. The molecule has 0 unspecified atom stereocenters. The molecule has 0 aromatic heterocycles. The number of guanidine groups is 1. The number of carbonyl (C=O) groups excluding carboxylic acids is 1. The number of nitrogens with one attached hydrogen (secondary N) is 2. The molecule has 0 radical (unpaired) electrons. The van der Waals surface area contributed by atoms with Gasteiger partial charge in [-0.3, -0.25) is 9.79 Å². The Bertz CT molecular complexity index is 644. The quantitative estimate of drug-likeness (QED) is 0.614. The Labute approximate surface area is 163 Å². The number of ether oxygens (including phenoxy) is 1. The van der Waals surface area contributed by atoms with E-state index in [1.54, 1.807) is 7.05 Å². The number of rotatable bonds is 5. The first-order chi connectivity index (χ1) is 12.8. The molecule has 27 heavy (non-hydrogen) atoms. The molecule has 0 bridgehead atoms. The molecule has 1 aliphatic heterocycles. The number of carbonyl (C=O) groups is 1. The Morgan fingerprint density at radius 3 is 2.52 bits per heavy atom. The molecular weight excluding hydrogens is 340 g/mol. The summed E-state index contributed by atoms with van der Waals surface area (Å²) in [6.07, 6.45) is 2.64. The van der Waals surface area contributed by atoms with E-state index in [0.717, 1.165) is 43.2 Å². The number of aliphatic imine (C=N–C) groups is 1. The van der Waals surface area contributed by atoms with Gasteiger partial charge in [-0.05, 0) is 45.6 Å². The van der Waals surface area contributed by atoms with Gasteiger partial charge in [0.15, 0.2) is 5.96 Å². The van der Waals surface area contributed by atoms with E-state index in [0.29, 0.717) is 18.9 Å². The number of amides is 1. The molecule has 1 aromatic carbocycles. The van der Waals surface area contributed by atoms with Crippen LogP contribution in [0, 0.1) is 5.92 Å². The van der Waals surface area contributed by atoms with E-state index in [-0.39, 0.29) is 11.5 Å². The Kier molecular flexibility index (Phi) is 7.51. The van der Waals surface area contributed by atoms with Crippen LogP contribution in [-0.4, -0.2) is 49.6 Å². The largest absolute Gasteiger partial charge is 0.488 e. The highest BCUT2D eigenvalue weighted by Crippen LogP contribution is 2.23. The molecule has 0 atom stereocenters. The number of hydrogen-bond acceptors (Lipinski definition) is 3. The molecule has 0 spiro atoms. The number of nitrogens with zero attached hydrogens (tertiary/aromatic N) is 2. The van der Waals surface area contributed by atoms with Gasteiger partial charge in [0.05, 0.1) is 0 Å². The van der Waals surface area contributed by atoms with Crippen molar-refractivity contribution in [3.63, 3.8) is 0 Å². The summed E-state index contributed by atoms with van der Waals surface area (Å²) in [6.45, 7) is 8.66. The molecule has 2 rings (SSSR count). The number of para-hydroxylation sites is 1. The molecule has 1 amide bonds. The second kappa shape index (κ2) is 9.62. The topological polar surface area (TPSA) is 66.0 Å². The number of benzene rings is 1. The second-order valence-electron chi connectivity index (χ2n) is 8.03. The highest BCUT2D eigenvalue weighted by Gasteiger charge is 2.23. The van der Waals surface area contributed by atoms with Crippen LogP contribution in [0.5, 0.6) is 5.75 Å². The average molecular weight is 375 g/mol. The van der Waals surface area contributed by atoms with Gasteiger partial charge in [0.2, 0.25) is 5.91 Å². The molecular formula is C21H34N4O2. The number of piperidine rings is 1. The third kappa shape index (κ3) is 6.77. The standard InChI is InChI=1S/C21H34N4O2/c1-21(2,3)27-18-9-7-6-8-17(18)15-24-20(23-5)25-12-10-16(11-13-25)14-19(26)22-4/h6-9,16H,10-15H2,1-5H3,(H,22,26)(H,23,24). The first-order valence-electron chi connectivity index (χ1n) is 9.75. The maximum atomic E-state index is 11.6. The predicted molar refractivity (Wildman–Crippen MR) is 110 cm³/mol. The van der Waals surface area contributed by atoms with E-state index in [1.807, 2.05) is 25.2 Å². The van der Waals surface area contributed by atoms with Crippen molar-refractivity contribution in [1.82, 2.24) is 15.5 Å². The molecule has 0 saturated carbocycles. The summed E-state index contributed by atoms with van der Waals surface area (Å²) >= 11 is 0. The lowest BCUT2D eigenvalue weighted by Crippen LogP contribution is -2.45. The predicted octanol–water partition coefficient (Wildman–Crippen LogP) is 2.79. The summed E-state index contributed by atoms with van der Waals surface area (Å²) in [4.78, 5) is 18.3. The van der Waals surface area contributed by atoms with Crippen LogP contribution in [0.25, 0.3) is 0 Å². The fourth-order valence-corrected chi connectivity index (χ4v) is 3.30. The maximum Gasteiger partial charge on any atom is 0.220 e. The number of hydrogen-bond donors (Lipinski definition) is 2. The van der Waals surface area contributed by atoms with Crippen molar-refractivity contribution in [2.75, 3.05) is 27.2 Å². The minimum absolute atomic E-state index is 0.131. The highest BCUT2D eigenvalue weighted by atomic mass is 16.5. The van der Waals surface area contributed by atoms with E-state index < -0.39 is 0 Å². The average Bonchev–Trinajstić information content (AvgIpc) is 2.63. The van der Waals surface area contributed by atoms with E-state index in [9.17, 15) is 4.79 Å². The summed E-state index contributed by atoms with van der Waals surface area (Å²) in [7, 11) is 3.51. The summed E-state index contributed by atoms with van der Waals surface area (Å²) in [5, 5.41) is 6.18. The van der Waals surface area contributed by atoms with Crippen molar-refractivity contribution in [3.05, 3.63) is 29.8 Å². The lowest BCUT2D eigenvalue weighted by Gasteiger charge is -2.34. The van der Waals surface area contributed by atoms with Gasteiger partial charge in [-0.25, -0.2) is 0 Å². The first kappa shape index (κ1) is 21.1. The smallest absolute Gasteiger partial charge is 0.220 e. The lowest BCUT2D eigenvalue weighted by atomic mass is 9.93. The van der Waals surface area contributed by atoms with Crippen LogP contribution < -0.4 is 15.4 Å². The van der Waals surface area contributed by atoms with Crippen molar-refractivity contribution in [2.24, 2.45) is 10.9 Å². The van der Waals surface area contributed by atoms with Gasteiger partial charge in [-0.1, -0.05) is 18.2 Å². The van der Waals surface area contributed by atoms with Gasteiger partial charge >= 0.3 is 0 Å². The lowest BCUT2D eigenvalue weighted by molar-refractivity contribution is -0.121. The maximum absolute atomic E-state index is 11.6. The summed E-state index contributed by atoms with van der Waals surface area (Å²) in [5.74, 6) is 2.39. The van der Waals surface area contributed by atoms with Crippen molar-refractivity contribution in [1.29, 1.82) is 0 Å². The monoisotopic (exact) mass is 374 g/mol. The molecule has 6 nitrogen and oxygen atoms in total. The van der Waals surface area contributed by atoms with Gasteiger partial charge < -0.3 is 20.3 Å². The van der Waals surface area contributed by atoms with Crippen molar-refractivity contribution in [2.45, 2.75) is 52.2 Å². The van der Waals surface area contributed by atoms with Gasteiger partial charge in [-0.15, -0.1) is 0 Å². The minimum Gasteiger partial charge on any atom is -0.488 e. The minimum atomic E-state index is -0.232. The zero-order valence-corrected chi connectivity index (χ0v) is 17.3. The van der Waals surface area contributed by atoms with Crippen molar-refractivity contribution < 1.29 is 9.53 Å². The van der Waals surface area contributed by atoms with Crippen LogP contribution in [-0.2, 0) is 11.3 Å². The molecule has 1 fully saturated rings. The van der Waals surface area contributed by atoms with Gasteiger partial charge in [0, 0.05) is 45.7 Å². The Hall–Kier alpha value is -2.24. The fourth-order valence-electron chi connectivity index (χ4n) is 3.30. The molecule has 2 N–H and O–H groups in total. The molecule has 1 aromatic rings. The van der Waals surface area contributed by atoms with E-state index >= 15 is 0 Å². The van der Waals surface area contributed by atoms with E-state index in [2.05, 4.69) is 47.4 Å². The van der Waals surface area contributed by atoms with Crippen LogP contribution in [0.1, 0.15) is 45.6 Å². The van der Waals surface area contributed by atoms with Crippen molar-refractivity contribution in [3.8, 4) is 5.75 Å². The highest BCUT2D eigenvalue weighted by molar-refractivity contribution is 5.80. The number of likely N-dealkylation sites (tertiary alicyclic amines) is 1. The van der Waals surface area contributed by atoms with Gasteiger partial charge in [0.25, 0.3) is 0 Å². The van der Waals surface area contributed by atoms with Gasteiger partial charge in [-0.2, -0.15) is 0 Å². The third-order valence-corrected chi connectivity index (χ3v) is 4.70. The zero-order valence-electron chi connectivity index (χ0n) is 17.3. The summed E-state index contributed by atoms with van der Waals surface area (Å²) < 4.78 is 6.07. The van der Waals surface area contributed by atoms with Crippen LogP contribution in [0.2, 0.25) is 0 Å². The molecule has 1 aliphatic rings. The molecule has 1 saturated heterocycles. The van der Waals surface area contributed by atoms with Crippen LogP contribution in [0.4, 0.5) is 0 Å². The normalized spacial score (nSPS) is 16.2.